The smallest absolute Gasteiger partial charge is 0.366 e. The molecule has 1 atom stereocenters. The molecular formula is C24H22F6IN5O2S. The van der Waals surface area contributed by atoms with Gasteiger partial charge in [0.15, 0.2) is 0 Å². The van der Waals surface area contributed by atoms with E-state index in [9.17, 15) is 35.9 Å². The Bertz CT molecular complexity index is 1390. The molecule has 2 aromatic carbocycles. The first kappa shape index (κ1) is 30.7. The number of carbonyl (C=O) groups is 2. The third kappa shape index (κ3) is 6.85. The minimum absolute atomic E-state index is 0.0360. The molecule has 0 saturated carbocycles. The molecule has 0 aliphatic heterocycles. The first-order valence-corrected chi connectivity index (χ1v) is 13.6. The van der Waals surface area contributed by atoms with Gasteiger partial charge in [-0.1, -0.05) is 18.2 Å². The number of aromatic nitrogens is 3. The molecule has 0 radical (unpaired) electrons. The summed E-state index contributed by atoms with van der Waals surface area (Å²) in [5, 5.41) is 3.04. The third-order valence-corrected chi connectivity index (χ3v) is 7.31. The van der Waals surface area contributed by atoms with Crippen LogP contribution in [0.15, 0.2) is 36.4 Å². The molecule has 39 heavy (non-hydrogen) atoms. The van der Waals surface area contributed by atoms with Gasteiger partial charge in [-0.15, -0.1) is 5.10 Å². The van der Waals surface area contributed by atoms with E-state index in [0.29, 0.717) is 20.6 Å². The van der Waals surface area contributed by atoms with Crippen molar-refractivity contribution >= 4 is 51.9 Å². The van der Waals surface area contributed by atoms with Gasteiger partial charge in [0.1, 0.15) is 0 Å². The first-order valence-electron chi connectivity index (χ1n) is 11.2. The van der Waals surface area contributed by atoms with Crippen LogP contribution >= 0.6 is 34.4 Å². The molecule has 0 bridgehead atoms. The molecule has 0 aliphatic rings. The number of thioether (sulfide) groups is 1. The minimum Gasteiger partial charge on any atom is -0.366 e. The molecule has 15 heteroatoms. The summed E-state index contributed by atoms with van der Waals surface area (Å²) in [6.07, 6.45) is -8.47. The zero-order chi connectivity index (χ0) is 29.3. The number of hydrogen-bond donors (Lipinski definition) is 1. The molecule has 0 spiro atoms. The van der Waals surface area contributed by atoms with Crippen molar-refractivity contribution in [1.82, 2.24) is 14.8 Å². The standard InChI is InChI=1S/C24H22F6IN5O2S/c1-12-9-14(10-35-22(24(28,29)30)33-21(34-35)23(25,26)27)7-8-17(12)36(13(2)11-39-3)20(38)18-15(19(32)37)5-4-6-16(18)31/h4-9,13H,10-11H2,1-3H3,(H2,32,37)/t13-/m0/s1. The number of anilines is 1. The molecule has 3 aromatic rings. The van der Waals surface area contributed by atoms with E-state index < -0.39 is 42.4 Å². The maximum atomic E-state index is 13.8. The molecular weight excluding hydrogens is 663 g/mol. The number of benzene rings is 2. The van der Waals surface area contributed by atoms with E-state index in [2.05, 4.69) is 10.1 Å². The van der Waals surface area contributed by atoms with Crippen LogP contribution < -0.4 is 10.6 Å². The lowest BCUT2D eigenvalue weighted by Gasteiger charge is -2.31. The van der Waals surface area contributed by atoms with E-state index in [-0.39, 0.29) is 27.4 Å². The topological polar surface area (TPSA) is 94.1 Å². The van der Waals surface area contributed by atoms with E-state index in [1.807, 2.05) is 28.8 Å². The van der Waals surface area contributed by atoms with E-state index in [0.717, 1.165) is 0 Å². The largest absolute Gasteiger partial charge is 0.453 e. The van der Waals surface area contributed by atoms with Crippen molar-refractivity contribution < 1.29 is 35.9 Å². The number of primary amides is 1. The highest BCUT2D eigenvalue weighted by atomic mass is 127. The fraction of sp³-hybridized carbons (Fsp3) is 0.333. The molecule has 0 unspecified atom stereocenters. The summed E-state index contributed by atoms with van der Waals surface area (Å²) in [4.78, 5) is 30.0. The van der Waals surface area contributed by atoms with E-state index in [4.69, 9.17) is 5.73 Å². The van der Waals surface area contributed by atoms with Gasteiger partial charge in [0.25, 0.3) is 11.7 Å². The van der Waals surface area contributed by atoms with Crippen molar-refractivity contribution in [2.45, 2.75) is 38.8 Å². The Morgan fingerprint density at radius 3 is 2.33 bits per heavy atom. The number of nitrogens with zero attached hydrogens (tertiary/aromatic N) is 4. The normalized spacial score (nSPS) is 12.9. The molecule has 0 aliphatic carbocycles. The van der Waals surface area contributed by atoms with Crippen LogP contribution in [0, 0.1) is 10.5 Å². The Labute approximate surface area is 237 Å². The van der Waals surface area contributed by atoms with E-state index in [1.54, 1.807) is 26.0 Å². The summed E-state index contributed by atoms with van der Waals surface area (Å²) >= 11 is 3.40. The number of amides is 2. The lowest BCUT2D eigenvalue weighted by atomic mass is 10.0. The predicted octanol–water partition coefficient (Wildman–Crippen LogP) is 5.77. The Morgan fingerprint density at radius 1 is 1.13 bits per heavy atom. The van der Waals surface area contributed by atoms with Crippen LogP contribution in [0.1, 0.15) is 50.4 Å². The molecule has 2 amide bonds. The van der Waals surface area contributed by atoms with Gasteiger partial charge < -0.3 is 10.6 Å². The molecule has 1 aromatic heterocycles. The fourth-order valence-electron chi connectivity index (χ4n) is 3.97. The van der Waals surface area contributed by atoms with Gasteiger partial charge in [-0.25, -0.2) is 4.68 Å². The molecule has 3 rings (SSSR count). The van der Waals surface area contributed by atoms with E-state index >= 15 is 0 Å². The Hall–Kier alpha value is -2.82. The van der Waals surface area contributed by atoms with Crippen molar-refractivity contribution in [3.8, 4) is 0 Å². The molecule has 0 fully saturated rings. The number of halogens is 7. The van der Waals surface area contributed by atoms with Crippen LogP contribution in [0.3, 0.4) is 0 Å². The Kier molecular flexibility index (Phi) is 9.24. The van der Waals surface area contributed by atoms with Crippen LogP contribution in [-0.4, -0.2) is 44.6 Å². The quantitative estimate of drug-likeness (QED) is 0.240. The minimum atomic E-state index is -5.16. The van der Waals surface area contributed by atoms with Crippen molar-refractivity contribution in [1.29, 1.82) is 0 Å². The van der Waals surface area contributed by atoms with Crippen LogP contribution in [0.4, 0.5) is 32.0 Å². The number of hydrogen-bond acceptors (Lipinski definition) is 5. The third-order valence-electron chi connectivity index (χ3n) is 5.59. The zero-order valence-corrected chi connectivity index (χ0v) is 23.7. The summed E-state index contributed by atoms with van der Waals surface area (Å²) in [5.74, 6) is -4.45. The van der Waals surface area contributed by atoms with Gasteiger partial charge >= 0.3 is 12.4 Å². The summed E-state index contributed by atoms with van der Waals surface area (Å²) in [6.45, 7) is 2.77. The second-order valence-electron chi connectivity index (χ2n) is 8.54. The number of rotatable bonds is 8. The van der Waals surface area contributed by atoms with Gasteiger partial charge in [0.05, 0.1) is 17.7 Å². The molecule has 0 saturated heterocycles. The molecule has 1 heterocycles. The van der Waals surface area contributed by atoms with Crippen LogP contribution in [0.2, 0.25) is 0 Å². The molecule has 2 N–H and O–H groups in total. The van der Waals surface area contributed by atoms with Crippen LogP contribution in [-0.2, 0) is 18.9 Å². The second kappa shape index (κ2) is 11.7. The summed E-state index contributed by atoms with van der Waals surface area (Å²) in [7, 11) is 0. The number of alkyl halides is 6. The lowest BCUT2D eigenvalue weighted by Crippen LogP contribution is -2.42. The maximum Gasteiger partial charge on any atom is 0.453 e. The van der Waals surface area contributed by atoms with Crippen molar-refractivity contribution in [3.63, 3.8) is 0 Å². The number of aryl methyl sites for hydroxylation is 1. The predicted molar refractivity (Wildman–Crippen MR) is 143 cm³/mol. The fourth-order valence-corrected chi connectivity index (χ4v) is 5.33. The highest BCUT2D eigenvalue weighted by molar-refractivity contribution is 14.1. The Morgan fingerprint density at radius 2 is 1.79 bits per heavy atom. The highest BCUT2D eigenvalue weighted by Crippen LogP contribution is 2.34. The molecule has 210 valence electrons. The summed E-state index contributed by atoms with van der Waals surface area (Å²) in [6, 6.07) is 8.66. The van der Waals surface area contributed by atoms with Crippen LogP contribution in [0.5, 0.6) is 0 Å². The van der Waals surface area contributed by atoms with Gasteiger partial charge in [-0.3, -0.25) is 9.59 Å². The summed E-state index contributed by atoms with van der Waals surface area (Å²) in [5.41, 5.74) is 6.73. The average molecular weight is 685 g/mol. The van der Waals surface area contributed by atoms with Crippen LogP contribution in [0.25, 0.3) is 0 Å². The number of carbonyl (C=O) groups excluding carboxylic acids is 2. The lowest BCUT2D eigenvalue weighted by molar-refractivity contribution is -0.150. The highest BCUT2D eigenvalue weighted by Gasteiger charge is 2.44. The first-order chi connectivity index (χ1) is 18.1. The van der Waals surface area contributed by atoms with Gasteiger partial charge in [0.2, 0.25) is 11.7 Å². The average Bonchev–Trinajstić information content (AvgIpc) is 3.25. The molecule has 7 nitrogen and oxygen atoms in total. The van der Waals surface area contributed by atoms with Crippen molar-refractivity contribution in [2.24, 2.45) is 5.73 Å². The maximum absolute atomic E-state index is 13.8. The van der Waals surface area contributed by atoms with Gasteiger partial charge in [-0.05, 0) is 72.0 Å². The SMILES string of the molecule is CSC[C@H](C)N(C(=O)c1c(I)cccc1C(N)=O)c1ccc(Cn2nc(C(F)(F)F)nc2C(F)(F)F)cc1C. The monoisotopic (exact) mass is 685 g/mol. The second-order valence-corrected chi connectivity index (χ2v) is 10.6. The van der Waals surface area contributed by atoms with Gasteiger partial charge in [-0.2, -0.15) is 43.1 Å². The van der Waals surface area contributed by atoms with E-state index in [1.165, 1.54) is 40.9 Å². The van der Waals surface area contributed by atoms with Gasteiger partial charge in [0, 0.05) is 21.1 Å². The summed E-state index contributed by atoms with van der Waals surface area (Å²) < 4.78 is 79.7. The van der Waals surface area contributed by atoms with Crippen molar-refractivity contribution in [3.05, 3.63) is 73.9 Å². The number of nitrogens with two attached hydrogens (primary N) is 1. The van der Waals surface area contributed by atoms with Crippen molar-refractivity contribution in [2.75, 3.05) is 16.9 Å². The zero-order valence-electron chi connectivity index (χ0n) is 20.7. The Balaban J connectivity index is 2.06.